The van der Waals surface area contributed by atoms with Crippen LogP contribution in [0.15, 0.2) is 18.3 Å². The Kier molecular flexibility index (Phi) is 2.52. The molecule has 0 spiro atoms. The molecule has 1 rings (SSSR count). The molecule has 0 fully saturated rings. The summed E-state index contributed by atoms with van der Waals surface area (Å²) in [5.74, 6) is -1.10. The molecule has 70 valence electrons. The summed E-state index contributed by atoms with van der Waals surface area (Å²) >= 11 is 0. The number of carboxylic acid groups (broad SMARTS) is 1. The lowest BCUT2D eigenvalue weighted by Gasteiger charge is -2.06. The minimum absolute atomic E-state index is 0.0681. The van der Waals surface area contributed by atoms with Crippen molar-refractivity contribution in [3.8, 4) is 0 Å². The van der Waals surface area contributed by atoms with Crippen molar-refractivity contribution in [3.05, 3.63) is 24.0 Å². The Balaban J connectivity index is 3.21. The summed E-state index contributed by atoms with van der Waals surface area (Å²) in [6.07, 6.45) is 1.36. The van der Waals surface area contributed by atoms with Crippen LogP contribution in [0.4, 0.5) is 0 Å². The molecule has 0 aliphatic rings. The van der Waals surface area contributed by atoms with E-state index in [9.17, 15) is 9.36 Å². The zero-order valence-electron chi connectivity index (χ0n) is 7.39. The van der Waals surface area contributed by atoms with E-state index in [2.05, 4.69) is 4.98 Å². The Hall–Kier alpha value is -1.15. The molecule has 0 radical (unpaired) electrons. The van der Waals surface area contributed by atoms with E-state index in [1.54, 1.807) is 19.4 Å². The number of hydrogen-bond acceptors (Lipinski definition) is 3. The highest BCUT2D eigenvalue weighted by atomic mass is 31.2. The molecule has 1 N–H and O–H groups in total. The summed E-state index contributed by atoms with van der Waals surface area (Å²) in [4.78, 5) is 14.2. The van der Waals surface area contributed by atoms with Gasteiger partial charge in [-0.15, -0.1) is 0 Å². The summed E-state index contributed by atoms with van der Waals surface area (Å²) in [5, 5.41) is 9.16. The van der Waals surface area contributed by atoms with E-state index >= 15 is 0 Å². The first-order chi connectivity index (χ1) is 5.91. The van der Waals surface area contributed by atoms with Crippen molar-refractivity contribution in [2.45, 2.75) is 0 Å². The molecule has 4 nitrogen and oxygen atoms in total. The number of carbonyl (C=O) groups is 1. The lowest BCUT2D eigenvalue weighted by molar-refractivity contribution is 0.0690. The molecule has 1 heterocycles. The van der Waals surface area contributed by atoms with Crippen LogP contribution in [0.25, 0.3) is 0 Å². The largest absolute Gasteiger partial charge is 0.477 e. The van der Waals surface area contributed by atoms with E-state index in [1.807, 2.05) is 0 Å². The quantitative estimate of drug-likeness (QED) is 0.722. The number of hydrogen-bond donors (Lipinski definition) is 1. The number of nitrogens with zero attached hydrogens (tertiary/aromatic N) is 1. The summed E-state index contributed by atoms with van der Waals surface area (Å²) in [6.45, 7) is 3.18. The molecule has 0 saturated carbocycles. The van der Waals surface area contributed by atoms with E-state index in [-0.39, 0.29) is 5.69 Å². The Labute approximate surface area is 76.0 Å². The van der Waals surface area contributed by atoms with Crippen LogP contribution >= 0.6 is 7.14 Å². The molecule has 13 heavy (non-hydrogen) atoms. The Bertz CT molecular complexity index is 383. The highest BCUT2D eigenvalue weighted by Gasteiger charge is 2.13. The minimum atomic E-state index is -2.39. The van der Waals surface area contributed by atoms with Crippen molar-refractivity contribution in [1.82, 2.24) is 4.98 Å². The van der Waals surface area contributed by atoms with Crippen LogP contribution in [-0.2, 0) is 4.57 Å². The topological polar surface area (TPSA) is 67.3 Å². The lowest BCUT2D eigenvalue weighted by Crippen LogP contribution is -2.09. The van der Waals surface area contributed by atoms with Gasteiger partial charge in [0.25, 0.3) is 0 Å². The fraction of sp³-hybridized carbons (Fsp3) is 0.250. The molecule has 1 aromatic heterocycles. The van der Waals surface area contributed by atoms with Crippen LogP contribution in [-0.4, -0.2) is 29.4 Å². The van der Waals surface area contributed by atoms with E-state index in [1.165, 1.54) is 12.3 Å². The van der Waals surface area contributed by atoms with Gasteiger partial charge in [0.15, 0.2) is 0 Å². The second kappa shape index (κ2) is 3.30. The van der Waals surface area contributed by atoms with Crippen LogP contribution < -0.4 is 5.30 Å². The molecule has 0 amide bonds. The van der Waals surface area contributed by atoms with Crippen molar-refractivity contribution in [1.29, 1.82) is 0 Å². The Morgan fingerprint density at radius 1 is 1.54 bits per heavy atom. The molecule has 0 aromatic carbocycles. The Morgan fingerprint density at radius 3 is 2.62 bits per heavy atom. The van der Waals surface area contributed by atoms with Crippen molar-refractivity contribution in [2.75, 3.05) is 13.3 Å². The first-order valence-corrected chi connectivity index (χ1v) is 6.26. The van der Waals surface area contributed by atoms with Gasteiger partial charge in [0.1, 0.15) is 12.8 Å². The van der Waals surface area contributed by atoms with Gasteiger partial charge in [-0.3, -0.25) is 0 Å². The van der Waals surface area contributed by atoms with Gasteiger partial charge in [-0.2, -0.15) is 0 Å². The normalized spacial score (nSPS) is 11.2. The third-order valence-corrected chi connectivity index (χ3v) is 3.11. The standard InChI is InChI=1S/C8H10NO3P/c1-13(2,12)6-3-4-9-7(5-6)8(10)11/h3-5H,1-2H3,(H,10,11). The maximum atomic E-state index is 11.6. The average molecular weight is 199 g/mol. The summed E-state index contributed by atoms with van der Waals surface area (Å²) < 4.78 is 11.6. The number of rotatable bonds is 2. The number of aromatic nitrogens is 1. The summed E-state index contributed by atoms with van der Waals surface area (Å²) in [6, 6.07) is 2.93. The van der Waals surface area contributed by atoms with Gasteiger partial charge >= 0.3 is 5.97 Å². The molecule has 0 saturated heterocycles. The SMILES string of the molecule is CP(C)(=O)c1ccnc(C(=O)O)c1. The van der Waals surface area contributed by atoms with Crippen LogP contribution in [0, 0.1) is 0 Å². The molecule has 5 heteroatoms. The number of aromatic carboxylic acids is 1. The molecule has 0 aliphatic heterocycles. The van der Waals surface area contributed by atoms with Crippen molar-refractivity contribution in [3.63, 3.8) is 0 Å². The molecule has 0 aliphatic carbocycles. The lowest BCUT2D eigenvalue weighted by atomic mass is 10.3. The van der Waals surface area contributed by atoms with E-state index in [4.69, 9.17) is 5.11 Å². The van der Waals surface area contributed by atoms with E-state index in [0.717, 1.165) is 0 Å². The number of carboxylic acids is 1. The second-order valence-electron chi connectivity index (χ2n) is 3.06. The summed E-state index contributed by atoms with van der Waals surface area (Å²) in [7, 11) is -2.39. The zero-order valence-corrected chi connectivity index (χ0v) is 8.28. The van der Waals surface area contributed by atoms with Gasteiger partial charge in [-0.25, -0.2) is 9.78 Å². The van der Waals surface area contributed by atoms with Crippen molar-refractivity contribution in [2.24, 2.45) is 0 Å². The Morgan fingerprint density at radius 2 is 2.15 bits per heavy atom. The van der Waals surface area contributed by atoms with Gasteiger partial charge in [0.05, 0.1) is 0 Å². The van der Waals surface area contributed by atoms with E-state index in [0.29, 0.717) is 5.30 Å². The highest BCUT2D eigenvalue weighted by molar-refractivity contribution is 7.70. The zero-order chi connectivity index (χ0) is 10.1. The van der Waals surface area contributed by atoms with Crippen molar-refractivity contribution >= 4 is 18.4 Å². The maximum absolute atomic E-state index is 11.6. The van der Waals surface area contributed by atoms with Crippen LogP contribution in [0.3, 0.4) is 0 Å². The van der Waals surface area contributed by atoms with Gasteiger partial charge in [-0.1, -0.05) is 0 Å². The molecule has 0 atom stereocenters. The monoisotopic (exact) mass is 199 g/mol. The molecule has 1 aromatic rings. The van der Waals surface area contributed by atoms with Gasteiger partial charge in [0.2, 0.25) is 0 Å². The van der Waals surface area contributed by atoms with Crippen LogP contribution in [0.5, 0.6) is 0 Å². The minimum Gasteiger partial charge on any atom is -0.477 e. The third-order valence-electron chi connectivity index (χ3n) is 1.58. The van der Waals surface area contributed by atoms with Crippen LogP contribution in [0.2, 0.25) is 0 Å². The third kappa shape index (κ3) is 2.39. The van der Waals surface area contributed by atoms with Gasteiger partial charge < -0.3 is 9.67 Å². The maximum Gasteiger partial charge on any atom is 0.354 e. The van der Waals surface area contributed by atoms with Gasteiger partial charge in [0, 0.05) is 11.5 Å². The fourth-order valence-corrected chi connectivity index (χ4v) is 1.73. The molecule has 0 bridgehead atoms. The molecular formula is C8H10NO3P. The molecule has 0 unspecified atom stereocenters. The van der Waals surface area contributed by atoms with Crippen LogP contribution in [0.1, 0.15) is 10.5 Å². The first kappa shape index (κ1) is 9.93. The fourth-order valence-electron chi connectivity index (χ4n) is 0.871. The predicted molar refractivity (Wildman–Crippen MR) is 50.3 cm³/mol. The number of pyridine rings is 1. The van der Waals surface area contributed by atoms with E-state index < -0.39 is 13.1 Å². The smallest absolute Gasteiger partial charge is 0.354 e. The summed E-state index contributed by atoms with van der Waals surface area (Å²) in [5.41, 5.74) is -0.0681. The van der Waals surface area contributed by atoms with Crippen molar-refractivity contribution < 1.29 is 14.5 Å². The predicted octanol–water partition coefficient (Wildman–Crippen LogP) is 1.03. The van der Waals surface area contributed by atoms with Gasteiger partial charge in [-0.05, 0) is 25.5 Å². The average Bonchev–Trinajstić information content (AvgIpc) is 2.03. The first-order valence-electron chi connectivity index (χ1n) is 3.66. The highest BCUT2D eigenvalue weighted by Crippen LogP contribution is 2.34. The molecular weight excluding hydrogens is 189 g/mol. The second-order valence-corrected chi connectivity index (χ2v) is 6.27.